The fourth-order valence-corrected chi connectivity index (χ4v) is 12.4. The van der Waals surface area contributed by atoms with Gasteiger partial charge in [0.25, 0.3) is 0 Å². The molecule has 0 aromatic heterocycles. The third-order valence-corrected chi connectivity index (χ3v) is 18.8. The molecular weight excluding hydrogens is 1340 g/mol. The number of hydrogen-bond donors (Lipinski definition) is 4. The lowest BCUT2D eigenvalue weighted by Gasteiger charge is -2.21. The summed E-state index contributed by atoms with van der Waals surface area (Å²) in [5, 5.41) is 20.6. The summed E-state index contributed by atoms with van der Waals surface area (Å²) < 4.78 is 61.2. The number of allylic oxidation sites excluding steroid dienone is 22. The predicted molar refractivity (Wildman–Crippen MR) is 426 cm³/mol. The Balaban J connectivity index is 4.51. The topological polar surface area (TPSA) is 231 Å². The maximum atomic E-state index is 13.0. The van der Waals surface area contributed by atoms with E-state index in [1.165, 1.54) is 109 Å². The summed E-state index contributed by atoms with van der Waals surface area (Å²) in [6.45, 7) is 2.47. The number of aliphatic hydroxyl groups excluding tert-OH is 2. The summed E-state index contributed by atoms with van der Waals surface area (Å²) in [5.74, 6) is -1.58. The second-order valence-electron chi connectivity index (χ2n) is 26.8. The molecule has 0 heterocycles. The molecule has 18 heteroatoms. The molecular formula is C85H146O16P2. The van der Waals surface area contributed by atoms with Crippen LogP contribution in [0, 0.1) is 0 Å². The van der Waals surface area contributed by atoms with Gasteiger partial charge in [-0.25, -0.2) is 9.13 Å². The van der Waals surface area contributed by atoms with Crippen LogP contribution in [0.5, 0.6) is 0 Å². The summed E-state index contributed by atoms with van der Waals surface area (Å²) in [6.07, 6.45) is 93.5. The SMILES string of the molecule is CC/C=C\C/C=C\C/C=C\C/C=C\C/C=C\C/C=C\CCCCCCCCCCCCC(=O)OCC(O)COP(=O)(O)OCC(O)COP(=O)(O)OCC(COC(=O)CCCCCCCCCCC/C=C\C/C=C\C/C=C\C/C=C\C/C=C\CC)OC(=O)CCCCCCCCCCCCCCC. The summed E-state index contributed by atoms with van der Waals surface area (Å²) in [6, 6.07) is 0. The van der Waals surface area contributed by atoms with E-state index in [0.29, 0.717) is 19.3 Å². The largest absolute Gasteiger partial charge is 0.472 e. The van der Waals surface area contributed by atoms with Crippen LogP contribution in [0.1, 0.15) is 329 Å². The van der Waals surface area contributed by atoms with Gasteiger partial charge >= 0.3 is 33.6 Å². The standard InChI is InChI=1S/C85H146O16P2/c1-4-7-10-13-16-19-22-25-27-29-31-33-35-37-38-39-40-42-44-45-47-49-51-54-56-59-62-65-68-71-83(88)95-74-80(86)75-97-102(91,92)98-76-81(87)77-99-103(93,94)100-79-82(101-85(90)73-70-67-64-61-58-53-24-21-18-15-12-9-6-3)78-96-84(89)72-69-66-63-60-57-55-52-50-48-46-43-41-36-34-32-30-28-26-23-20-17-14-11-8-5-2/h7-8,10-11,16-17,19-20,25-28,31-34,37-38,40-43,80-82,86-87H,4-6,9,12-15,18,21-24,29-30,35-36,39,44-79H2,1-3H3,(H,91,92)(H,93,94)/b10-7-,11-8-,19-16-,20-17-,27-25-,28-26-,33-31-,34-32-,38-37-,42-40-,43-41-. The number of phosphoric ester groups is 2. The molecule has 0 amide bonds. The first-order valence-electron chi connectivity index (χ1n) is 40.5. The Morgan fingerprint density at radius 3 is 0.816 bits per heavy atom. The average Bonchev–Trinajstić information content (AvgIpc) is 0.923. The minimum absolute atomic E-state index is 0.105. The molecule has 0 radical (unpaired) electrons. The first kappa shape index (κ1) is 98.7. The van der Waals surface area contributed by atoms with Crippen LogP contribution in [0.15, 0.2) is 134 Å². The normalized spacial score (nSPS) is 14.7. The van der Waals surface area contributed by atoms with Gasteiger partial charge < -0.3 is 34.2 Å². The van der Waals surface area contributed by atoms with E-state index in [0.717, 1.165) is 161 Å². The molecule has 0 spiro atoms. The molecule has 0 saturated carbocycles. The summed E-state index contributed by atoms with van der Waals surface area (Å²) in [4.78, 5) is 58.7. The summed E-state index contributed by atoms with van der Waals surface area (Å²) in [5.41, 5.74) is 0. The molecule has 0 bridgehead atoms. The summed E-state index contributed by atoms with van der Waals surface area (Å²) >= 11 is 0. The molecule has 5 atom stereocenters. The van der Waals surface area contributed by atoms with E-state index in [2.05, 4.69) is 154 Å². The number of aliphatic hydroxyl groups is 2. The molecule has 0 aliphatic heterocycles. The number of esters is 3. The highest BCUT2D eigenvalue weighted by Crippen LogP contribution is 2.45. The van der Waals surface area contributed by atoms with Crippen LogP contribution in [0.3, 0.4) is 0 Å². The van der Waals surface area contributed by atoms with Crippen molar-refractivity contribution in [2.75, 3.05) is 39.6 Å². The highest BCUT2D eigenvalue weighted by atomic mass is 31.2. The number of unbranched alkanes of at least 4 members (excludes halogenated alkanes) is 31. The second-order valence-corrected chi connectivity index (χ2v) is 29.7. The molecule has 0 fully saturated rings. The van der Waals surface area contributed by atoms with Gasteiger partial charge in [-0.05, 0) is 116 Å². The minimum Gasteiger partial charge on any atom is -0.463 e. The van der Waals surface area contributed by atoms with Crippen LogP contribution in [0.25, 0.3) is 0 Å². The van der Waals surface area contributed by atoms with Crippen molar-refractivity contribution in [1.82, 2.24) is 0 Å². The number of hydrogen-bond acceptors (Lipinski definition) is 14. The van der Waals surface area contributed by atoms with E-state index in [1.54, 1.807) is 0 Å². The molecule has 592 valence electrons. The van der Waals surface area contributed by atoms with Gasteiger partial charge in [-0.1, -0.05) is 328 Å². The third kappa shape index (κ3) is 78.6. The lowest BCUT2D eigenvalue weighted by Crippen LogP contribution is -2.30. The van der Waals surface area contributed by atoms with Crippen LogP contribution in [-0.2, 0) is 55.8 Å². The van der Waals surface area contributed by atoms with Crippen molar-refractivity contribution >= 4 is 33.6 Å². The van der Waals surface area contributed by atoms with Crippen LogP contribution < -0.4 is 0 Å². The van der Waals surface area contributed by atoms with Crippen molar-refractivity contribution in [3.63, 3.8) is 0 Å². The Kier molecular flexibility index (Phi) is 74.1. The maximum Gasteiger partial charge on any atom is 0.472 e. The summed E-state index contributed by atoms with van der Waals surface area (Å²) in [7, 11) is -9.79. The van der Waals surface area contributed by atoms with Crippen LogP contribution in [0.4, 0.5) is 0 Å². The van der Waals surface area contributed by atoms with Gasteiger partial charge in [0, 0.05) is 19.3 Å². The van der Waals surface area contributed by atoms with Gasteiger partial charge in [-0.2, -0.15) is 0 Å². The smallest absolute Gasteiger partial charge is 0.463 e. The van der Waals surface area contributed by atoms with Crippen LogP contribution >= 0.6 is 15.6 Å². The van der Waals surface area contributed by atoms with Crippen molar-refractivity contribution in [3.8, 4) is 0 Å². The zero-order valence-electron chi connectivity index (χ0n) is 64.7. The average molecular weight is 1490 g/mol. The molecule has 16 nitrogen and oxygen atoms in total. The fraction of sp³-hybridized carbons (Fsp3) is 0.706. The Hall–Kier alpha value is -4.31. The molecule has 0 aliphatic carbocycles. The lowest BCUT2D eigenvalue weighted by atomic mass is 10.0. The fourth-order valence-electron chi connectivity index (χ4n) is 10.8. The molecule has 0 saturated heterocycles. The van der Waals surface area contributed by atoms with Crippen LogP contribution in [0.2, 0.25) is 0 Å². The highest BCUT2D eigenvalue weighted by Gasteiger charge is 2.29. The van der Waals surface area contributed by atoms with Crippen LogP contribution in [-0.4, -0.2) is 95.9 Å². The monoisotopic (exact) mass is 1490 g/mol. The number of carbonyl (C=O) groups excluding carboxylic acids is 3. The van der Waals surface area contributed by atoms with Gasteiger partial charge in [-0.15, -0.1) is 0 Å². The molecule has 103 heavy (non-hydrogen) atoms. The van der Waals surface area contributed by atoms with Crippen molar-refractivity contribution in [3.05, 3.63) is 134 Å². The van der Waals surface area contributed by atoms with Crippen molar-refractivity contribution in [1.29, 1.82) is 0 Å². The van der Waals surface area contributed by atoms with Gasteiger partial charge in [0.05, 0.1) is 26.4 Å². The lowest BCUT2D eigenvalue weighted by molar-refractivity contribution is -0.161. The number of phosphoric acid groups is 2. The second kappa shape index (κ2) is 77.3. The van der Waals surface area contributed by atoms with Gasteiger partial charge in [0.2, 0.25) is 0 Å². The Morgan fingerprint density at radius 2 is 0.515 bits per heavy atom. The van der Waals surface area contributed by atoms with Gasteiger partial charge in [0.1, 0.15) is 25.4 Å². The molecule has 4 N–H and O–H groups in total. The zero-order chi connectivity index (χ0) is 75.2. The molecule has 0 aliphatic rings. The molecule has 0 aromatic rings. The van der Waals surface area contributed by atoms with Crippen molar-refractivity contribution < 1.29 is 75.8 Å². The first-order valence-corrected chi connectivity index (χ1v) is 43.5. The Bertz CT molecular complexity index is 2410. The van der Waals surface area contributed by atoms with Gasteiger partial charge in [-0.3, -0.25) is 32.5 Å². The van der Waals surface area contributed by atoms with Crippen molar-refractivity contribution in [2.24, 2.45) is 0 Å². The molecule has 5 unspecified atom stereocenters. The minimum atomic E-state index is -4.93. The third-order valence-electron chi connectivity index (χ3n) is 16.9. The van der Waals surface area contributed by atoms with E-state index in [4.69, 9.17) is 32.3 Å². The highest BCUT2D eigenvalue weighted by molar-refractivity contribution is 7.47. The number of ether oxygens (including phenoxy) is 3. The van der Waals surface area contributed by atoms with Crippen molar-refractivity contribution in [2.45, 2.75) is 347 Å². The Labute approximate surface area is 626 Å². The molecule has 0 aromatic carbocycles. The van der Waals surface area contributed by atoms with E-state index in [-0.39, 0.29) is 19.3 Å². The van der Waals surface area contributed by atoms with E-state index < -0.39 is 91.5 Å². The number of rotatable bonds is 76. The predicted octanol–water partition coefficient (Wildman–Crippen LogP) is 23.9. The zero-order valence-corrected chi connectivity index (χ0v) is 66.5. The maximum absolute atomic E-state index is 13.0. The van der Waals surface area contributed by atoms with E-state index >= 15 is 0 Å². The first-order chi connectivity index (χ1) is 50.2. The molecule has 0 rings (SSSR count). The van der Waals surface area contributed by atoms with E-state index in [1.807, 2.05) is 0 Å². The van der Waals surface area contributed by atoms with Gasteiger partial charge in [0.15, 0.2) is 6.10 Å². The number of carbonyl (C=O) groups is 3. The quantitative estimate of drug-likeness (QED) is 0.0146. The Morgan fingerprint density at radius 1 is 0.282 bits per heavy atom. The van der Waals surface area contributed by atoms with E-state index in [9.17, 15) is 43.5 Å².